The summed E-state index contributed by atoms with van der Waals surface area (Å²) in [4.78, 5) is 15.2. The molecule has 2 N–H and O–H groups in total. The molecule has 4 aromatic rings. The Morgan fingerprint density at radius 3 is 2.45 bits per heavy atom. The summed E-state index contributed by atoms with van der Waals surface area (Å²) in [5.74, 6) is 2.61. The molecule has 0 unspecified atom stereocenters. The van der Waals surface area contributed by atoms with Gasteiger partial charge in [0.15, 0.2) is 12.4 Å². The molecule has 0 radical (unpaired) electrons. The largest absolute Gasteiger partial charge is 0.485 e. The fourth-order valence-corrected chi connectivity index (χ4v) is 3.04. The van der Waals surface area contributed by atoms with Gasteiger partial charge in [-0.2, -0.15) is 4.98 Å². The zero-order valence-corrected chi connectivity index (χ0v) is 17.1. The quantitative estimate of drug-likeness (QED) is 0.458. The van der Waals surface area contributed by atoms with Crippen LogP contribution in [0, 0.1) is 13.8 Å². The van der Waals surface area contributed by atoms with Crippen LogP contribution < -0.4 is 15.2 Å². The molecule has 2 aromatic carbocycles. The summed E-state index contributed by atoms with van der Waals surface area (Å²) in [7, 11) is 0. The van der Waals surface area contributed by atoms with Crippen LogP contribution in [0.25, 0.3) is 23.0 Å². The van der Waals surface area contributed by atoms with Crippen LogP contribution in [-0.2, 0) is 11.4 Å². The van der Waals surface area contributed by atoms with Gasteiger partial charge in [0.25, 0.3) is 11.8 Å². The molecule has 2 aromatic heterocycles. The zero-order valence-electron chi connectivity index (χ0n) is 17.1. The molecule has 0 bridgehead atoms. The lowest BCUT2D eigenvalue weighted by atomic mass is 10.1. The van der Waals surface area contributed by atoms with Gasteiger partial charge in [0.1, 0.15) is 23.9 Å². The normalized spacial score (nSPS) is 10.8. The van der Waals surface area contributed by atoms with Gasteiger partial charge in [0, 0.05) is 5.56 Å². The van der Waals surface area contributed by atoms with Gasteiger partial charge in [-0.15, -0.1) is 0 Å². The summed E-state index contributed by atoms with van der Waals surface area (Å²) >= 11 is 0. The van der Waals surface area contributed by atoms with E-state index in [9.17, 15) is 4.79 Å². The Hall–Kier alpha value is -4.07. The molecule has 1 amide bonds. The second kappa shape index (κ2) is 8.74. The number of aromatic nitrogens is 2. The van der Waals surface area contributed by atoms with Crippen LogP contribution in [0.3, 0.4) is 0 Å². The lowest BCUT2D eigenvalue weighted by molar-refractivity contribution is -0.119. The molecule has 158 valence electrons. The maximum absolute atomic E-state index is 10.8. The van der Waals surface area contributed by atoms with Crippen LogP contribution in [0.4, 0.5) is 0 Å². The van der Waals surface area contributed by atoms with Crippen molar-refractivity contribution >= 4 is 5.91 Å². The molecule has 8 nitrogen and oxygen atoms in total. The summed E-state index contributed by atoms with van der Waals surface area (Å²) in [5, 5.41) is 4.00. The Balaban J connectivity index is 1.43. The second-order valence-corrected chi connectivity index (χ2v) is 6.98. The molecule has 0 fully saturated rings. The number of benzene rings is 2. The molecule has 0 aliphatic carbocycles. The molecule has 0 saturated carbocycles. The molecular weight excluding hydrogens is 398 g/mol. The van der Waals surface area contributed by atoms with Crippen LogP contribution in [0.1, 0.15) is 16.9 Å². The lowest BCUT2D eigenvalue weighted by Gasteiger charge is -2.10. The first-order chi connectivity index (χ1) is 15.0. The lowest BCUT2D eigenvalue weighted by Crippen LogP contribution is -2.19. The van der Waals surface area contributed by atoms with Crippen molar-refractivity contribution in [2.75, 3.05) is 6.61 Å². The summed E-state index contributed by atoms with van der Waals surface area (Å²) in [6, 6.07) is 16.5. The van der Waals surface area contributed by atoms with E-state index in [1.165, 1.54) is 0 Å². The Morgan fingerprint density at radius 1 is 1.00 bits per heavy atom. The van der Waals surface area contributed by atoms with Gasteiger partial charge in [0.05, 0.1) is 0 Å². The maximum Gasteiger partial charge on any atom is 0.293 e. The van der Waals surface area contributed by atoms with Crippen LogP contribution in [0.2, 0.25) is 0 Å². The first-order valence-corrected chi connectivity index (χ1v) is 9.63. The first kappa shape index (κ1) is 20.2. The summed E-state index contributed by atoms with van der Waals surface area (Å²) < 4.78 is 22.3. The van der Waals surface area contributed by atoms with Gasteiger partial charge in [-0.25, -0.2) is 0 Å². The fraction of sp³-hybridized carbons (Fsp3) is 0.174. The highest BCUT2D eigenvalue weighted by atomic mass is 16.5. The third-order valence-corrected chi connectivity index (χ3v) is 4.56. The number of carbonyl (C=O) groups is 1. The Labute approximate surface area is 178 Å². The number of primary amides is 1. The van der Waals surface area contributed by atoms with E-state index in [4.69, 9.17) is 24.1 Å². The average molecular weight is 419 g/mol. The number of carbonyl (C=O) groups excluding carboxylic acids is 1. The number of nitrogens with two attached hydrogens (primary N) is 1. The van der Waals surface area contributed by atoms with E-state index in [0.717, 1.165) is 22.4 Å². The fourth-order valence-electron chi connectivity index (χ4n) is 3.04. The third-order valence-electron chi connectivity index (χ3n) is 4.56. The predicted octanol–water partition coefficient (Wildman–Crippen LogP) is 4.06. The SMILES string of the molecule is Cc1cccc(C)c1OCc1ccc(-c2nc(-c3ccc(OCC(N)=O)cc3)no2)o1. The van der Waals surface area contributed by atoms with Gasteiger partial charge >= 0.3 is 0 Å². The van der Waals surface area contributed by atoms with Crippen molar-refractivity contribution in [3.05, 3.63) is 71.5 Å². The molecule has 0 aliphatic heterocycles. The Bertz CT molecular complexity index is 1170. The minimum absolute atomic E-state index is 0.181. The highest BCUT2D eigenvalue weighted by molar-refractivity contribution is 5.75. The van der Waals surface area contributed by atoms with E-state index in [-0.39, 0.29) is 12.5 Å². The number of nitrogens with zero attached hydrogens (tertiary/aromatic N) is 2. The molecule has 0 spiro atoms. The number of para-hydroxylation sites is 1. The van der Waals surface area contributed by atoms with E-state index in [1.54, 1.807) is 30.3 Å². The van der Waals surface area contributed by atoms with Crippen molar-refractivity contribution in [1.29, 1.82) is 0 Å². The van der Waals surface area contributed by atoms with Crippen LogP contribution >= 0.6 is 0 Å². The highest BCUT2D eigenvalue weighted by Gasteiger charge is 2.15. The molecule has 0 atom stereocenters. The van der Waals surface area contributed by atoms with Gasteiger partial charge < -0.3 is 24.1 Å². The van der Waals surface area contributed by atoms with Gasteiger partial charge in [0.2, 0.25) is 5.82 Å². The molecule has 0 aliphatic rings. The minimum atomic E-state index is -0.538. The molecule has 8 heteroatoms. The smallest absolute Gasteiger partial charge is 0.293 e. The molecule has 4 rings (SSSR count). The summed E-state index contributed by atoms with van der Waals surface area (Å²) in [6.07, 6.45) is 0. The molecule has 2 heterocycles. The van der Waals surface area contributed by atoms with Crippen LogP contribution in [0.15, 0.2) is 63.5 Å². The van der Waals surface area contributed by atoms with E-state index in [1.807, 2.05) is 38.1 Å². The van der Waals surface area contributed by atoms with E-state index >= 15 is 0 Å². The van der Waals surface area contributed by atoms with E-state index in [2.05, 4.69) is 10.1 Å². The predicted molar refractivity (Wildman–Crippen MR) is 112 cm³/mol. The van der Waals surface area contributed by atoms with Crippen molar-refractivity contribution < 1.29 is 23.2 Å². The topological polar surface area (TPSA) is 114 Å². The number of hydrogen-bond donors (Lipinski definition) is 1. The number of aryl methyl sites for hydroxylation is 2. The molecule has 31 heavy (non-hydrogen) atoms. The van der Waals surface area contributed by atoms with E-state index < -0.39 is 5.91 Å². The van der Waals surface area contributed by atoms with Crippen molar-refractivity contribution in [2.45, 2.75) is 20.5 Å². The Kier molecular flexibility index (Phi) is 5.70. The summed E-state index contributed by atoms with van der Waals surface area (Å²) in [5.41, 5.74) is 7.94. The van der Waals surface area contributed by atoms with Crippen molar-refractivity contribution in [3.63, 3.8) is 0 Å². The minimum Gasteiger partial charge on any atom is -0.485 e. The highest BCUT2D eigenvalue weighted by Crippen LogP contribution is 2.27. The van der Waals surface area contributed by atoms with Gasteiger partial charge in [-0.3, -0.25) is 4.79 Å². The van der Waals surface area contributed by atoms with Crippen molar-refractivity contribution in [1.82, 2.24) is 10.1 Å². The second-order valence-electron chi connectivity index (χ2n) is 6.98. The number of furan rings is 1. The average Bonchev–Trinajstić information content (AvgIpc) is 3.42. The van der Waals surface area contributed by atoms with Gasteiger partial charge in [-0.1, -0.05) is 23.4 Å². The monoisotopic (exact) mass is 419 g/mol. The van der Waals surface area contributed by atoms with E-state index in [0.29, 0.717) is 29.7 Å². The standard InChI is InChI=1S/C23H21N3O5/c1-14-4-3-5-15(2)21(14)29-12-18-10-11-19(30-18)23-25-22(26-31-23)16-6-8-17(9-7-16)28-13-20(24)27/h3-11H,12-13H2,1-2H3,(H2,24,27). The summed E-state index contributed by atoms with van der Waals surface area (Å²) in [6.45, 7) is 4.12. The third kappa shape index (κ3) is 4.75. The van der Waals surface area contributed by atoms with Crippen LogP contribution in [0.5, 0.6) is 11.5 Å². The number of ether oxygens (including phenoxy) is 2. The maximum atomic E-state index is 10.8. The number of amides is 1. The van der Waals surface area contributed by atoms with Crippen molar-refractivity contribution in [2.24, 2.45) is 5.73 Å². The molecular formula is C23H21N3O5. The van der Waals surface area contributed by atoms with Crippen LogP contribution in [-0.4, -0.2) is 22.7 Å². The molecule has 0 saturated heterocycles. The van der Waals surface area contributed by atoms with Crippen molar-refractivity contribution in [3.8, 4) is 34.5 Å². The first-order valence-electron chi connectivity index (χ1n) is 9.63. The van der Waals surface area contributed by atoms with Gasteiger partial charge in [-0.05, 0) is 61.4 Å². The Morgan fingerprint density at radius 2 is 1.74 bits per heavy atom. The zero-order chi connectivity index (χ0) is 21.8. The number of hydrogen-bond acceptors (Lipinski definition) is 7. The number of rotatable bonds is 8.